The number of amides is 2. The number of phenols is 1. The van der Waals surface area contributed by atoms with Crippen LogP contribution in [0.3, 0.4) is 0 Å². The predicted octanol–water partition coefficient (Wildman–Crippen LogP) is 3.39. The first-order chi connectivity index (χ1) is 16.5. The van der Waals surface area contributed by atoms with Crippen molar-refractivity contribution >= 4 is 34.8 Å². The van der Waals surface area contributed by atoms with Crippen LogP contribution in [0.2, 0.25) is 0 Å². The van der Waals surface area contributed by atoms with Crippen molar-refractivity contribution in [3.63, 3.8) is 0 Å². The molecule has 3 aromatic rings. The highest BCUT2D eigenvalue weighted by Gasteiger charge is 2.31. The van der Waals surface area contributed by atoms with Crippen molar-refractivity contribution in [1.82, 2.24) is 10.3 Å². The number of halogens is 3. The zero-order valence-electron chi connectivity index (χ0n) is 17.5. The van der Waals surface area contributed by atoms with Crippen molar-refractivity contribution in [3.8, 4) is 17.2 Å². The number of carbonyl (C=O) groups excluding carboxylic acids is 2. The topological polar surface area (TPSA) is 147 Å². The van der Waals surface area contributed by atoms with E-state index in [0.29, 0.717) is 5.01 Å². The van der Waals surface area contributed by atoms with Gasteiger partial charge in [0.05, 0.1) is 6.54 Å². The number of hydrogen-bond acceptors (Lipinski definition) is 8. The maximum absolute atomic E-state index is 12.3. The highest BCUT2D eigenvalue weighted by Crippen LogP contribution is 2.25. The van der Waals surface area contributed by atoms with Crippen LogP contribution in [0.5, 0.6) is 17.2 Å². The number of carboxylic acid groups (broad SMARTS) is 1. The molecule has 1 aromatic heterocycles. The molecule has 0 atom stereocenters. The first-order valence-corrected chi connectivity index (χ1v) is 10.5. The number of benzene rings is 2. The van der Waals surface area contributed by atoms with Gasteiger partial charge >= 0.3 is 12.3 Å². The number of aromatic carboxylic acids is 1. The summed E-state index contributed by atoms with van der Waals surface area (Å²) >= 11 is 1.10. The van der Waals surface area contributed by atoms with Crippen LogP contribution >= 0.6 is 11.3 Å². The molecule has 0 aliphatic heterocycles. The minimum Gasteiger partial charge on any atom is -0.507 e. The highest BCUT2D eigenvalue weighted by atomic mass is 32.1. The summed E-state index contributed by atoms with van der Waals surface area (Å²) in [6, 6.07) is 8.07. The Morgan fingerprint density at radius 1 is 1.06 bits per heavy atom. The molecule has 35 heavy (non-hydrogen) atoms. The molecule has 0 saturated carbocycles. The van der Waals surface area contributed by atoms with E-state index in [0.717, 1.165) is 35.6 Å². The predicted molar refractivity (Wildman–Crippen MR) is 116 cm³/mol. The molecule has 0 radical (unpaired) electrons. The van der Waals surface area contributed by atoms with Crippen LogP contribution in [0.4, 0.5) is 18.9 Å². The van der Waals surface area contributed by atoms with Crippen LogP contribution in [0, 0.1) is 0 Å². The van der Waals surface area contributed by atoms with Gasteiger partial charge in [0.25, 0.3) is 11.8 Å². The fraction of sp³-hybridized carbons (Fsp3) is 0.143. The molecule has 0 saturated heterocycles. The molecular weight excluding hydrogens is 495 g/mol. The van der Waals surface area contributed by atoms with E-state index in [-0.39, 0.29) is 29.2 Å². The summed E-state index contributed by atoms with van der Waals surface area (Å²) in [5.74, 6) is -3.23. The Balaban J connectivity index is 1.46. The molecule has 0 bridgehead atoms. The average molecular weight is 511 g/mol. The number of carboxylic acids is 1. The largest absolute Gasteiger partial charge is 0.573 e. The van der Waals surface area contributed by atoms with E-state index in [1.807, 2.05) is 0 Å². The molecule has 2 aromatic carbocycles. The first-order valence-electron chi connectivity index (χ1n) is 9.57. The second-order valence-corrected chi connectivity index (χ2v) is 7.64. The van der Waals surface area contributed by atoms with E-state index in [1.165, 1.54) is 23.6 Å². The van der Waals surface area contributed by atoms with Gasteiger partial charge in [-0.3, -0.25) is 9.59 Å². The molecule has 184 valence electrons. The third-order valence-corrected chi connectivity index (χ3v) is 4.98. The number of rotatable bonds is 9. The highest BCUT2D eigenvalue weighted by molar-refractivity contribution is 7.09. The normalized spacial score (nSPS) is 10.9. The standard InChI is InChI=1S/C21H16F3N3O7S/c22-21(23,24)34-13-4-2-12(3-5-13)33-9-17(29)25-8-18-27-15(10-35-18)19(30)26-11-1-6-14(20(31)32)16(28)7-11/h1-7,10,28H,8-9H2,(H,25,29)(H,26,30)(H,31,32). The number of nitrogens with zero attached hydrogens (tertiary/aromatic N) is 1. The summed E-state index contributed by atoms with van der Waals surface area (Å²) in [5.41, 5.74) is -0.111. The molecule has 0 aliphatic carbocycles. The number of anilines is 1. The Morgan fingerprint density at radius 3 is 2.37 bits per heavy atom. The number of aromatic nitrogens is 1. The lowest BCUT2D eigenvalue weighted by Crippen LogP contribution is -2.28. The van der Waals surface area contributed by atoms with Gasteiger partial charge in [-0.1, -0.05) is 0 Å². The van der Waals surface area contributed by atoms with Crippen molar-refractivity contribution in [1.29, 1.82) is 0 Å². The summed E-state index contributed by atoms with van der Waals surface area (Å²) in [4.78, 5) is 39.3. The van der Waals surface area contributed by atoms with Crippen LogP contribution in [0.1, 0.15) is 25.9 Å². The monoisotopic (exact) mass is 511 g/mol. The molecule has 0 aliphatic rings. The summed E-state index contributed by atoms with van der Waals surface area (Å²) in [6.45, 7) is -0.416. The second-order valence-electron chi connectivity index (χ2n) is 6.70. The van der Waals surface area contributed by atoms with E-state index in [9.17, 15) is 32.7 Å². The third-order valence-electron chi connectivity index (χ3n) is 4.13. The minimum atomic E-state index is -4.81. The van der Waals surface area contributed by atoms with Crippen molar-refractivity contribution in [2.45, 2.75) is 12.9 Å². The summed E-state index contributed by atoms with van der Waals surface area (Å²) in [7, 11) is 0. The fourth-order valence-electron chi connectivity index (χ4n) is 2.59. The maximum Gasteiger partial charge on any atom is 0.573 e. The molecule has 4 N–H and O–H groups in total. The number of nitrogens with one attached hydrogen (secondary N) is 2. The average Bonchev–Trinajstić information content (AvgIpc) is 3.25. The lowest BCUT2D eigenvalue weighted by Gasteiger charge is -2.10. The minimum absolute atomic E-state index is 0.00734. The van der Waals surface area contributed by atoms with Gasteiger partial charge in [-0.15, -0.1) is 24.5 Å². The summed E-state index contributed by atoms with van der Waals surface area (Å²) < 4.78 is 45.4. The molecular formula is C21H16F3N3O7S. The SMILES string of the molecule is O=C(COc1ccc(OC(F)(F)F)cc1)NCc1nc(C(=O)Nc2ccc(C(=O)O)c(O)c2)cs1. The zero-order valence-corrected chi connectivity index (χ0v) is 18.3. The maximum atomic E-state index is 12.3. The lowest BCUT2D eigenvalue weighted by molar-refractivity contribution is -0.274. The molecule has 3 rings (SSSR count). The third kappa shape index (κ3) is 7.60. The molecule has 10 nitrogen and oxygen atoms in total. The van der Waals surface area contributed by atoms with E-state index in [4.69, 9.17) is 9.84 Å². The smallest absolute Gasteiger partial charge is 0.507 e. The Morgan fingerprint density at radius 2 is 1.74 bits per heavy atom. The van der Waals surface area contributed by atoms with Crippen molar-refractivity contribution in [3.05, 3.63) is 64.1 Å². The van der Waals surface area contributed by atoms with Gasteiger partial charge in [-0.25, -0.2) is 9.78 Å². The Kier molecular flexibility index (Phi) is 7.76. The first kappa shape index (κ1) is 25.3. The van der Waals surface area contributed by atoms with E-state index >= 15 is 0 Å². The summed E-state index contributed by atoms with van der Waals surface area (Å²) in [5, 5.41) is 25.5. The van der Waals surface area contributed by atoms with Crippen molar-refractivity contribution in [2.75, 3.05) is 11.9 Å². The lowest BCUT2D eigenvalue weighted by atomic mass is 10.2. The van der Waals surface area contributed by atoms with Crippen LogP contribution < -0.4 is 20.1 Å². The van der Waals surface area contributed by atoms with Gasteiger partial charge in [-0.05, 0) is 36.4 Å². The van der Waals surface area contributed by atoms with Gasteiger partial charge in [0, 0.05) is 17.1 Å². The van der Waals surface area contributed by atoms with Gasteiger partial charge in [0.15, 0.2) is 6.61 Å². The van der Waals surface area contributed by atoms with Crippen LogP contribution in [0.25, 0.3) is 0 Å². The van der Waals surface area contributed by atoms with E-state index in [1.54, 1.807) is 0 Å². The van der Waals surface area contributed by atoms with Gasteiger partial charge < -0.3 is 30.3 Å². The quantitative estimate of drug-likeness (QED) is 0.342. The summed E-state index contributed by atoms with van der Waals surface area (Å²) in [6.07, 6.45) is -4.81. The zero-order chi connectivity index (χ0) is 25.6. The Labute approximate surface area is 198 Å². The van der Waals surface area contributed by atoms with Crippen molar-refractivity contribution in [2.24, 2.45) is 0 Å². The fourth-order valence-corrected chi connectivity index (χ4v) is 3.31. The van der Waals surface area contributed by atoms with Gasteiger partial charge in [-0.2, -0.15) is 0 Å². The molecule has 0 unspecified atom stereocenters. The number of thiazole rings is 1. The Hall–Kier alpha value is -4.33. The molecule has 0 fully saturated rings. The molecule has 2 amide bonds. The van der Waals surface area contributed by atoms with Crippen LogP contribution in [-0.2, 0) is 11.3 Å². The van der Waals surface area contributed by atoms with Crippen LogP contribution in [0.15, 0.2) is 47.8 Å². The molecule has 0 spiro atoms. The number of ether oxygens (including phenoxy) is 2. The van der Waals surface area contributed by atoms with Gasteiger partial charge in [0.2, 0.25) is 0 Å². The number of hydrogen-bond donors (Lipinski definition) is 4. The van der Waals surface area contributed by atoms with E-state index < -0.39 is 42.3 Å². The van der Waals surface area contributed by atoms with Crippen LogP contribution in [-0.4, -0.2) is 45.9 Å². The number of alkyl halides is 3. The number of aromatic hydroxyl groups is 1. The van der Waals surface area contributed by atoms with E-state index in [2.05, 4.69) is 20.4 Å². The number of carbonyl (C=O) groups is 3. The van der Waals surface area contributed by atoms with Crippen molar-refractivity contribution < 1.29 is 47.2 Å². The molecule has 1 heterocycles. The Bertz CT molecular complexity index is 1230. The molecule has 14 heteroatoms. The van der Waals surface area contributed by atoms with Gasteiger partial charge in [0.1, 0.15) is 33.5 Å². The second kappa shape index (κ2) is 10.7.